The van der Waals surface area contributed by atoms with Crippen molar-refractivity contribution in [3.63, 3.8) is 0 Å². The molecule has 0 saturated carbocycles. The molecule has 2 aromatic heterocycles. The third-order valence-electron chi connectivity index (χ3n) is 3.85. The number of hydrogen-bond donors (Lipinski definition) is 1. The Labute approximate surface area is 130 Å². The summed E-state index contributed by atoms with van der Waals surface area (Å²) in [6, 6.07) is 5.37. The van der Waals surface area contributed by atoms with E-state index in [9.17, 15) is 13.2 Å². The maximum atomic E-state index is 12.7. The maximum absolute atomic E-state index is 12.7. The third-order valence-corrected chi connectivity index (χ3v) is 3.85. The van der Waals surface area contributed by atoms with E-state index in [1.807, 2.05) is 6.07 Å². The molecule has 0 fully saturated rings. The van der Waals surface area contributed by atoms with Crippen molar-refractivity contribution < 1.29 is 13.2 Å². The Morgan fingerprint density at radius 1 is 1.39 bits per heavy atom. The van der Waals surface area contributed by atoms with Gasteiger partial charge in [0.05, 0.1) is 5.56 Å². The van der Waals surface area contributed by atoms with E-state index < -0.39 is 11.9 Å². The number of aryl methyl sites for hydroxylation is 1. The molecule has 1 aliphatic rings. The number of pyridine rings is 1. The molecule has 8 heteroatoms. The number of nitrogens with zero attached hydrogens (tertiary/aromatic N) is 4. The summed E-state index contributed by atoms with van der Waals surface area (Å²) in [7, 11) is 0. The number of nitriles is 1. The average Bonchev–Trinajstić information content (AvgIpc) is 2.97. The van der Waals surface area contributed by atoms with E-state index in [0.29, 0.717) is 36.7 Å². The summed E-state index contributed by atoms with van der Waals surface area (Å²) in [4.78, 5) is 7.78. The number of imidazole rings is 1. The molecule has 0 aliphatic carbocycles. The molecule has 0 spiro atoms. The summed E-state index contributed by atoms with van der Waals surface area (Å²) in [6.45, 7) is 1.11. The van der Waals surface area contributed by atoms with Crippen LogP contribution in [0.15, 0.2) is 24.5 Å². The Kier molecular flexibility index (Phi) is 3.94. The van der Waals surface area contributed by atoms with Gasteiger partial charge in [0.1, 0.15) is 17.7 Å². The summed E-state index contributed by atoms with van der Waals surface area (Å²) in [5, 5.41) is 11.9. The molecule has 5 nitrogen and oxygen atoms in total. The average molecular weight is 321 g/mol. The lowest BCUT2D eigenvalue weighted by Gasteiger charge is -2.24. The first-order chi connectivity index (χ1) is 11.0. The van der Waals surface area contributed by atoms with E-state index in [0.717, 1.165) is 12.6 Å². The number of rotatable bonds is 3. The minimum Gasteiger partial charge on any atom is -0.370 e. The highest BCUT2D eigenvalue weighted by molar-refractivity contribution is 5.38. The van der Waals surface area contributed by atoms with E-state index in [1.165, 1.54) is 6.20 Å². The Bertz CT molecular complexity index is 727. The second-order valence-corrected chi connectivity index (χ2v) is 5.52. The molecule has 0 unspecified atom stereocenters. The highest BCUT2D eigenvalue weighted by Crippen LogP contribution is 2.30. The van der Waals surface area contributed by atoms with E-state index in [2.05, 4.69) is 15.3 Å². The fourth-order valence-corrected chi connectivity index (χ4v) is 2.63. The fraction of sp³-hybridized carbons (Fsp3) is 0.400. The van der Waals surface area contributed by atoms with Gasteiger partial charge >= 0.3 is 6.18 Å². The van der Waals surface area contributed by atoms with Crippen molar-refractivity contribution in [3.8, 4) is 6.07 Å². The van der Waals surface area contributed by atoms with Crippen LogP contribution >= 0.6 is 0 Å². The Balaban J connectivity index is 1.61. The molecular weight excluding hydrogens is 307 g/mol. The summed E-state index contributed by atoms with van der Waals surface area (Å²) >= 11 is 0. The number of anilines is 1. The zero-order valence-electron chi connectivity index (χ0n) is 12.1. The summed E-state index contributed by atoms with van der Waals surface area (Å²) < 4.78 is 39.6. The van der Waals surface area contributed by atoms with Crippen molar-refractivity contribution in [2.75, 3.05) is 11.9 Å². The molecule has 3 heterocycles. The molecule has 0 aromatic carbocycles. The Morgan fingerprint density at radius 2 is 2.22 bits per heavy atom. The molecule has 1 aliphatic heterocycles. The fourth-order valence-electron chi connectivity index (χ4n) is 2.63. The normalized spacial score (nSPS) is 17.4. The molecule has 23 heavy (non-hydrogen) atoms. The molecule has 1 N–H and O–H groups in total. The molecule has 0 saturated heterocycles. The van der Waals surface area contributed by atoms with Crippen LogP contribution in [0.4, 0.5) is 19.0 Å². The quantitative estimate of drug-likeness (QED) is 0.944. The molecule has 0 radical (unpaired) electrons. The van der Waals surface area contributed by atoms with Crippen LogP contribution in [-0.2, 0) is 19.1 Å². The first kappa shape index (κ1) is 15.3. The van der Waals surface area contributed by atoms with Crippen molar-refractivity contribution in [2.24, 2.45) is 5.92 Å². The SMILES string of the molecule is N#Cc1ccc(NC[C@H]2CCc3nc(C(F)(F)F)cn3C2)nc1. The number of hydrogen-bond acceptors (Lipinski definition) is 4. The highest BCUT2D eigenvalue weighted by atomic mass is 19.4. The van der Waals surface area contributed by atoms with E-state index in [1.54, 1.807) is 16.7 Å². The number of halogens is 3. The number of nitrogens with one attached hydrogen (secondary N) is 1. The maximum Gasteiger partial charge on any atom is 0.434 e. The third kappa shape index (κ3) is 3.44. The summed E-state index contributed by atoms with van der Waals surface area (Å²) in [5.41, 5.74) is -0.342. The van der Waals surface area contributed by atoms with Gasteiger partial charge in [0.25, 0.3) is 0 Å². The molecule has 3 rings (SSSR count). The van der Waals surface area contributed by atoms with Crippen LogP contribution in [-0.4, -0.2) is 21.1 Å². The van der Waals surface area contributed by atoms with Crippen molar-refractivity contribution >= 4 is 5.82 Å². The minimum absolute atomic E-state index is 0.204. The van der Waals surface area contributed by atoms with Crippen molar-refractivity contribution in [2.45, 2.75) is 25.6 Å². The smallest absolute Gasteiger partial charge is 0.370 e. The summed E-state index contributed by atoms with van der Waals surface area (Å²) in [5.74, 6) is 1.34. The monoisotopic (exact) mass is 321 g/mol. The van der Waals surface area contributed by atoms with E-state index in [4.69, 9.17) is 5.26 Å². The van der Waals surface area contributed by atoms with Crippen LogP contribution in [0.2, 0.25) is 0 Å². The number of alkyl halides is 3. The topological polar surface area (TPSA) is 66.5 Å². The number of aromatic nitrogens is 3. The van der Waals surface area contributed by atoms with Gasteiger partial charge in [0.2, 0.25) is 0 Å². The standard InChI is InChI=1S/C15H14F3N5/c16-15(17,18)12-9-23-8-11(2-4-14(23)22-12)7-21-13-3-1-10(5-19)6-20-13/h1,3,6,9,11H,2,4,7-8H2,(H,20,21)/t11-/m1/s1. The second-order valence-electron chi connectivity index (χ2n) is 5.52. The highest BCUT2D eigenvalue weighted by Gasteiger charge is 2.35. The van der Waals surface area contributed by atoms with Crippen LogP contribution in [0.3, 0.4) is 0 Å². The first-order valence-corrected chi connectivity index (χ1v) is 7.19. The van der Waals surface area contributed by atoms with Crippen LogP contribution in [0.5, 0.6) is 0 Å². The number of fused-ring (bicyclic) bond motifs is 1. The van der Waals surface area contributed by atoms with Gasteiger partial charge in [-0.15, -0.1) is 0 Å². The lowest BCUT2D eigenvalue weighted by Crippen LogP contribution is -2.26. The van der Waals surface area contributed by atoms with Gasteiger partial charge in [-0.05, 0) is 24.5 Å². The first-order valence-electron chi connectivity index (χ1n) is 7.19. The molecule has 120 valence electrons. The van der Waals surface area contributed by atoms with Crippen molar-refractivity contribution in [3.05, 3.63) is 41.6 Å². The molecule has 2 aromatic rings. The van der Waals surface area contributed by atoms with Gasteiger partial charge in [-0.3, -0.25) is 0 Å². The van der Waals surface area contributed by atoms with Gasteiger partial charge in [0, 0.05) is 31.9 Å². The van der Waals surface area contributed by atoms with Gasteiger partial charge in [-0.25, -0.2) is 9.97 Å². The molecule has 1 atom stereocenters. The zero-order valence-corrected chi connectivity index (χ0v) is 12.1. The van der Waals surface area contributed by atoms with Crippen molar-refractivity contribution in [1.82, 2.24) is 14.5 Å². The minimum atomic E-state index is -4.40. The van der Waals surface area contributed by atoms with Crippen LogP contribution in [0.25, 0.3) is 0 Å². The van der Waals surface area contributed by atoms with Crippen LogP contribution < -0.4 is 5.32 Å². The van der Waals surface area contributed by atoms with Crippen LogP contribution in [0.1, 0.15) is 23.5 Å². The second kappa shape index (κ2) is 5.91. The predicted molar refractivity (Wildman–Crippen MR) is 76.5 cm³/mol. The van der Waals surface area contributed by atoms with E-state index >= 15 is 0 Å². The van der Waals surface area contributed by atoms with Gasteiger partial charge in [-0.1, -0.05) is 0 Å². The Hall–Kier alpha value is -2.56. The van der Waals surface area contributed by atoms with Gasteiger partial charge < -0.3 is 9.88 Å². The largest absolute Gasteiger partial charge is 0.434 e. The summed E-state index contributed by atoms with van der Waals surface area (Å²) in [6.07, 6.45) is -0.528. The van der Waals surface area contributed by atoms with Gasteiger partial charge in [0.15, 0.2) is 5.69 Å². The van der Waals surface area contributed by atoms with Crippen molar-refractivity contribution in [1.29, 1.82) is 5.26 Å². The van der Waals surface area contributed by atoms with Gasteiger partial charge in [-0.2, -0.15) is 18.4 Å². The van der Waals surface area contributed by atoms with E-state index in [-0.39, 0.29) is 5.92 Å². The Morgan fingerprint density at radius 3 is 2.87 bits per heavy atom. The lowest BCUT2D eigenvalue weighted by molar-refractivity contribution is -0.141. The molecule has 0 bridgehead atoms. The zero-order chi connectivity index (χ0) is 16.4. The predicted octanol–water partition coefficient (Wildman–Crippen LogP) is 2.84. The molecular formula is C15H14F3N5. The molecule has 0 amide bonds. The van der Waals surface area contributed by atoms with Crippen LogP contribution in [0, 0.1) is 17.2 Å². The lowest BCUT2D eigenvalue weighted by atomic mass is 9.99.